The highest BCUT2D eigenvalue weighted by Gasteiger charge is 2.01. The molecule has 0 aliphatic heterocycles. The van der Waals surface area contributed by atoms with Crippen LogP contribution in [-0.4, -0.2) is 10.2 Å². The second kappa shape index (κ2) is 4.40. The van der Waals surface area contributed by atoms with Crippen LogP contribution in [0.1, 0.15) is 11.3 Å². The smallest absolute Gasteiger partial charge is 0.146 e. The number of rotatable bonds is 2. The van der Waals surface area contributed by atoms with Gasteiger partial charge >= 0.3 is 0 Å². The Morgan fingerprint density at radius 3 is 2.53 bits per heavy atom. The van der Waals surface area contributed by atoms with Gasteiger partial charge in [-0.2, -0.15) is 5.10 Å². The SMILES string of the molecule is Nc1ccc(Cc2ccccc2Br)nn1. The fraction of sp³-hybridized carbons (Fsp3) is 0.0909. The first kappa shape index (κ1) is 10.1. The lowest BCUT2D eigenvalue weighted by Crippen LogP contribution is -1.98. The Labute approximate surface area is 96.5 Å². The molecule has 0 radical (unpaired) electrons. The quantitative estimate of drug-likeness (QED) is 0.906. The second-order valence-electron chi connectivity index (χ2n) is 3.22. The molecule has 0 spiro atoms. The number of nitrogens with two attached hydrogens (primary N) is 1. The van der Waals surface area contributed by atoms with Crippen molar-refractivity contribution in [1.29, 1.82) is 0 Å². The fourth-order valence-corrected chi connectivity index (χ4v) is 1.73. The molecule has 1 aromatic carbocycles. The summed E-state index contributed by atoms with van der Waals surface area (Å²) in [5.41, 5.74) is 7.57. The number of anilines is 1. The van der Waals surface area contributed by atoms with E-state index in [2.05, 4.69) is 32.2 Å². The van der Waals surface area contributed by atoms with E-state index in [1.54, 1.807) is 6.07 Å². The maximum atomic E-state index is 5.47. The van der Waals surface area contributed by atoms with Gasteiger partial charge in [0.1, 0.15) is 5.82 Å². The molecule has 0 amide bonds. The normalized spacial score (nSPS) is 10.2. The van der Waals surface area contributed by atoms with Crippen LogP contribution in [0.4, 0.5) is 5.82 Å². The highest BCUT2D eigenvalue weighted by Crippen LogP contribution is 2.18. The van der Waals surface area contributed by atoms with Gasteiger partial charge in [-0.1, -0.05) is 34.1 Å². The van der Waals surface area contributed by atoms with E-state index in [0.717, 1.165) is 16.6 Å². The predicted molar refractivity (Wildman–Crippen MR) is 63.4 cm³/mol. The van der Waals surface area contributed by atoms with Gasteiger partial charge in [0, 0.05) is 10.9 Å². The molecular weight excluding hydrogens is 254 g/mol. The Kier molecular flexibility index (Phi) is 2.97. The molecule has 3 nitrogen and oxygen atoms in total. The van der Waals surface area contributed by atoms with Gasteiger partial charge in [-0.15, -0.1) is 5.10 Å². The fourth-order valence-electron chi connectivity index (χ4n) is 1.30. The average molecular weight is 264 g/mol. The summed E-state index contributed by atoms with van der Waals surface area (Å²) >= 11 is 3.50. The Hall–Kier alpha value is -1.42. The van der Waals surface area contributed by atoms with Gasteiger partial charge in [0.05, 0.1) is 5.69 Å². The van der Waals surface area contributed by atoms with Crippen molar-refractivity contribution >= 4 is 21.7 Å². The second-order valence-corrected chi connectivity index (χ2v) is 4.07. The number of hydrogen-bond donors (Lipinski definition) is 1. The van der Waals surface area contributed by atoms with Crippen molar-refractivity contribution in [3.05, 3.63) is 52.1 Å². The maximum absolute atomic E-state index is 5.47. The standard InChI is InChI=1S/C11H10BrN3/c12-10-4-2-1-3-8(10)7-9-5-6-11(13)15-14-9/h1-6H,7H2,(H2,13,15). The molecular formula is C11H10BrN3. The molecule has 0 aliphatic rings. The highest BCUT2D eigenvalue weighted by molar-refractivity contribution is 9.10. The van der Waals surface area contributed by atoms with E-state index >= 15 is 0 Å². The summed E-state index contributed by atoms with van der Waals surface area (Å²) in [5, 5.41) is 7.84. The van der Waals surface area contributed by atoms with Crippen LogP contribution in [0.3, 0.4) is 0 Å². The zero-order valence-electron chi connectivity index (χ0n) is 8.02. The van der Waals surface area contributed by atoms with Crippen LogP contribution < -0.4 is 5.73 Å². The largest absolute Gasteiger partial charge is 0.382 e. The Morgan fingerprint density at radius 1 is 1.07 bits per heavy atom. The van der Waals surface area contributed by atoms with E-state index in [0.29, 0.717) is 5.82 Å². The van der Waals surface area contributed by atoms with Crippen LogP contribution in [0.2, 0.25) is 0 Å². The molecule has 0 bridgehead atoms. The van der Waals surface area contributed by atoms with Crippen molar-refractivity contribution in [2.75, 3.05) is 5.73 Å². The summed E-state index contributed by atoms with van der Waals surface area (Å²) in [6, 6.07) is 11.7. The van der Waals surface area contributed by atoms with E-state index in [1.165, 1.54) is 5.56 Å². The molecule has 1 heterocycles. The summed E-state index contributed by atoms with van der Waals surface area (Å²) in [6.45, 7) is 0. The number of nitrogens with zero attached hydrogens (tertiary/aromatic N) is 2. The minimum atomic E-state index is 0.450. The zero-order chi connectivity index (χ0) is 10.7. The van der Waals surface area contributed by atoms with Crippen molar-refractivity contribution in [3.63, 3.8) is 0 Å². The molecule has 0 unspecified atom stereocenters. The van der Waals surface area contributed by atoms with Gasteiger partial charge in [0.15, 0.2) is 0 Å². The molecule has 0 saturated carbocycles. The molecule has 2 N–H and O–H groups in total. The molecule has 1 aromatic heterocycles. The monoisotopic (exact) mass is 263 g/mol. The first-order valence-corrected chi connectivity index (χ1v) is 5.36. The molecule has 2 aromatic rings. The molecule has 0 atom stereocenters. The van der Waals surface area contributed by atoms with Gasteiger partial charge in [-0.25, -0.2) is 0 Å². The van der Waals surface area contributed by atoms with Crippen LogP contribution in [0.15, 0.2) is 40.9 Å². The lowest BCUT2D eigenvalue weighted by atomic mass is 10.1. The van der Waals surface area contributed by atoms with Gasteiger partial charge in [0.25, 0.3) is 0 Å². The number of halogens is 1. The third-order valence-electron chi connectivity index (χ3n) is 2.07. The molecule has 4 heteroatoms. The molecule has 0 saturated heterocycles. The summed E-state index contributed by atoms with van der Waals surface area (Å²) in [5.74, 6) is 0.450. The van der Waals surface area contributed by atoms with Crippen molar-refractivity contribution < 1.29 is 0 Å². The van der Waals surface area contributed by atoms with E-state index in [9.17, 15) is 0 Å². The highest BCUT2D eigenvalue weighted by atomic mass is 79.9. The van der Waals surface area contributed by atoms with Gasteiger partial charge in [-0.3, -0.25) is 0 Å². The van der Waals surface area contributed by atoms with E-state index in [4.69, 9.17) is 5.73 Å². The minimum absolute atomic E-state index is 0.450. The van der Waals surface area contributed by atoms with Gasteiger partial charge in [-0.05, 0) is 23.8 Å². The van der Waals surface area contributed by atoms with Crippen molar-refractivity contribution in [2.45, 2.75) is 6.42 Å². The minimum Gasteiger partial charge on any atom is -0.382 e. The van der Waals surface area contributed by atoms with Gasteiger partial charge < -0.3 is 5.73 Å². The van der Waals surface area contributed by atoms with Crippen LogP contribution in [-0.2, 0) is 6.42 Å². The average Bonchev–Trinajstić information content (AvgIpc) is 2.25. The Balaban J connectivity index is 2.22. The maximum Gasteiger partial charge on any atom is 0.146 e. The number of aromatic nitrogens is 2. The first-order chi connectivity index (χ1) is 7.25. The number of nitrogen functional groups attached to an aromatic ring is 1. The van der Waals surface area contributed by atoms with E-state index in [-0.39, 0.29) is 0 Å². The summed E-state index contributed by atoms with van der Waals surface area (Å²) in [7, 11) is 0. The molecule has 0 aliphatic carbocycles. The van der Waals surface area contributed by atoms with Crippen LogP contribution in [0.5, 0.6) is 0 Å². The summed E-state index contributed by atoms with van der Waals surface area (Å²) in [4.78, 5) is 0. The molecule has 76 valence electrons. The number of hydrogen-bond acceptors (Lipinski definition) is 3. The van der Waals surface area contributed by atoms with Crippen LogP contribution in [0.25, 0.3) is 0 Å². The van der Waals surface area contributed by atoms with Gasteiger partial charge in [0.2, 0.25) is 0 Å². The summed E-state index contributed by atoms with van der Waals surface area (Å²) < 4.78 is 1.09. The lowest BCUT2D eigenvalue weighted by molar-refractivity contribution is 0.942. The molecule has 15 heavy (non-hydrogen) atoms. The first-order valence-electron chi connectivity index (χ1n) is 4.57. The summed E-state index contributed by atoms with van der Waals surface area (Å²) in [6.07, 6.45) is 0.759. The van der Waals surface area contributed by atoms with Crippen LogP contribution in [0, 0.1) is 0 Å². The zero-order valence-corrected chi connectivity index (χ0v) is 9.61. The van der Waals surface area contributed by atoms with E-state index in [1.807, 2.05) is 24.3 Å². The Morgan fingerprint density at radius 2 is 1.87 bits per heavy atom. The number of benzene rings is 1. The Bertz CT molecular complexity index is 454. The van der Waals surface area contributed by atoms with Crippen molar-refractivity contribution in [1.82, 2.24) is 10.2 Å². The third kappa shape index (κ3) is 2.53. The lowest BCUT2D eigenvalue weighted by Gasteiger charge is -2.02. The third-order valence-corrected chi connectivity index (χ3v) is 2.84. The predicted octanol–water partition coefficient (Wildman–Crippen LogP) is 2.41. The van der Waals surface area contributed by atoms with E-state index < -0.39 is 0 Å². The van der Waals surface area contributed by atoms with Crippen molar-refractivity contribution in [3.8, 4) is 0 Å². The van der Waals surface area contributed by atoms with Crippen molar-refractivity contribution in [2.24, 2.45) is 0 Å². The topological polar surface area (TPSA) is 51.8 Å². The van der Waals surface area contributed by atoms with Crippen LogP contribution >= 0.6 is 15.9 Å². The molecule has 2 rings (SSSR count). The molecule has 0 fully saturated rings.